The predicted octanol–water partition coefficient (Wildman–Crippen LogP) is 1.22. The SMILES string of the molecule is CCn1nc(C)cc1CC(O)c1cnn(C)c1. The van der Waals surface area contributed by atoms with Crippen LogP contribution in [-0.4, -0.2) is 24.7 Å². The highest BCUT2D eigenvalue weighted by Gasteiger charge is 2.13. The molecule has 5 heteroatoms. The zero-order valence-electron chi connectivity index (χ0n) is 10.5. The van der Waals surface area contributed by atoms with Crippen LogP contribution in [0.1, 0.15) is 30.0 Å². The molecule has 0 spiro atoms. The monoisotopic (exact) mass is 234 g/mol. The average molecular weight is 234 g/mol. The van der Waals surface area contributed by atoms with E-state index in [2.05, 4.69) is 10.2 Å². The highest BCUT2D eigenvalue weighted by Crippen LogP contribution is 2.18. The summed E-state index contributed by atoms with van der Waals surface area (Å²) in [6, 6.07) is 2.02. The molecule has 2 heterocycles. The Labute approximate surface area is 101 Å². The van der Waals surface area contributed by atoms with E-state index in [9.17, 15) is 5.11 Å². The van der Waals surface area contributed by atoms with Gasteiger partial charge in [-0.2, -0.15) is 10.2 Å². The van der Waals surface area contributed by atoms with Gasteiger partial charge in [0.05, 0.1) is 18.0 Å². The number of hydrogen-bond acceptors (Lipinski definition) is 3. The smallest absolute Gasteiger partial charge is 0.0875 e. The van der Waals surface area contributed by atoms with Gasteiger partial charge in [-0.05, 0) is 19.9 Å². The average Bonchev–Trinajstić information content (AvgIpc) is 2.85. The summed E-state index contributed by atoms with van der Waals surface area (Å²) in [7, 11) is 1.84. The molecule has 0 saturated carbocycles. The summed E-state index contributed by atoms with van der Waals surface area (Å²) in [5, 5.41) is 18.5. The molecule has 1 atom stereocenters. The topological polar surface area (TPSA) is 55.9 Å². The third kappa shape index (κ3) is 2.55. The lowest BCUT2D eigenvalue weighted by atomic mass is 10.1. The molecule has 5 nitrogen and oxygen atoms in total. The lowest BCUT2D eigenvalue weighted by molar-refractivity contribution is 0.175. The molecule has 17 heavy (non-hydrogen) atoms. The molecule has 0 bridgehead atoms. The number of nitrogens with zero attached hydrogens (tertiary/aromatic N) is 4. The third-order valence-corrected chi connectivity index (χ3v) is 2.80. The van der Waals surface area contributed by atoms with Gasteiger partial charge in [-0.15, -0.1) is 0 Å². The minimum absolute atomic E-state index is 0.523. The standard InChI is InChI=1S/C12H18N4O/c1-4-16-11(5-9(2)14-16)6-12(17)10-7-13-15(3)8-10/h5,7-8,12,17H,4,6H2,1-3H3. The van der Waals surface area contributed by atoms with E-state index in [4.69, 9.17) is 0 Å². The Balaban J connectivity index is 2.14. The Morgan fingerprint density at radius 1 is 1.47 bits per heavy atom. The second-order valence-electron chi connectivity index (χ2n) is 4.26. The van der Waals surface area contributed by atoms with Crippen molar-refractivity contribution in [2.24, 2.45) is 7.05 Å². The summed E-state index contributed by atoms with van der Waals surface area (Å²) >= 11 is 0. The molecule has 2 aromatic rings. The largest absolute Gasteiger partial charge is 0.388 e. The van der Waals surface area contributed by atoms with Crippen LogP contribution in [0.15, 0.2) is 18.5 Å². The Hall–Kier alpha value is -1.62. The van der Waals surface area contributed by atoms with Crippen LogP contribution >= 0.6 is 0 Å². The van der Waals surface area contributed by atoms with Crippen molar-refractivity contribution in [2.75, 3.05) is 0 Å². The normalized spacial score (nSPS) is 12.9. The first kappa shape index (κ1) is 11.9. The van der Waals surface area contributed by atoms with Gasteiger partial charge in [-0.1, -0.05) is 0 Å². The lowest BCUT2D eigenvalue weighted by Gasteiger charge is -2.09. The van der Waals surface area contributed by atoms with Crippen LogP contribution in [0.5, 0.6) is 0 Å². The molecule has 0 radical (unpaired) electrons. The van der Waals surface area contributed by atoms with E-state index < -0.39 is 6.10 Å². The van der Waals surface area contributed by atoms with Crippen molar-refractivity contribution >= 4 is 0 Å². The molecule has 2 rings (SSSR count). The first-order valence-corrected chi connectivity index (χ1v) is 5.80. The van der Waals surface area contributed by atoms with E-state index in [0.29, 0.717) is 6.42 Å². The van der Waals surface area contributed by atoms with E-state index in [1.807, 2.05) is 37.8 Å². The minimum Gasteiger partial charge on any atom is -0.388 e. The zero-order valence-corrected chi connectivity index (χ0v) is 10.5. The molecule has 0 amide bonds. The number of aromatic nitrogens is 4. The molecule has 0 aliphatic carbocycles. The van der Waals surface area contributed by atoms with Crippen LogP contribution in [0, 0.1) is 6.92 Å². The van der Waals surface area contributed by atoms with Crippen molar-refractivity contribution in [3.8, 4) is 0 Å². The Morgan fingerprint density at radius 3 is 2.82 bits per heavy atom. The lowest BCUT2D eigenvalue weighted by Crippen LogP contribution is -2.08. The van der Waals surface area contributed by atoms with Gasteiger partial charge in [0.25, 0.3) is 0 Å². The van der Waals surface area contributed by atoms with Crippen LogP contribution < -0.4 is 0 Å². The maximum Gasteiger partial charge on any atom is 0.0875 e. The highest BCUT2D eigenvalue weighted by atomic mass is 16.3. The minimum atomic E-state index is -0.523. The molecular formula is C12H18N4O. The Bertz CT molecular complexity index is 500. The van der Waals surface area contributed by atoms with Crippen LogP contribution in [0.3, 0.4) is 0 Å². The summed E-state index contributed by atoms with van der Waals surface area (Å²) in [4.78, 5) is 0. The van der Waals surface area contributed by atoms with E-state index in [1.165, 1.54) is 0 Å². The van der Waals surface area contributed by atoms with Crippen molar-refractivity contribution in [1.29, 1.82) is 0 Å². The number of rotatable bonds is 4. The molecule has 0 aliphatic heterocycles. The maximum atomic E-state index is 10.1. The van der Waals surface area contributed by atoms with E-state index in [1.54, 1.807) is 10.9 Å². The summed E-state index contributed by atoms with van der Waals surface area (Å²) in [6.45, 7) is 4.83. The van der Waals surface area contributed by atoms with Crippen molar-refractivity contribution in [3.05, 3.63) is 35.4 Å². The Morgan fingerprint density at radius 2 is 2.24 bits per heavy atom. The maximum absolute atomic E-state index is 10.1. The first-order chi connectivity index (χ1) is 8.10. The highest BCUT2D eigenvalue weighted by molar-refractivity contribution is 5.15. The first-order valence-electron chi connectivity index (χ1n) is 5.80. The summed E-state index contributed by atoms with van der Waals surface area (Å²) in [5.74, 6) is 0. The fourth-order valence-corrected chi connectivity index (χ4v) is 1.97. The van der Waals surface area contributed by atoms with Crippen molar-refractivity contribution in [1.82, 2.24) is 19.6 Å². The zero-order chi connectivity index (χ0) is 12.4. The van der Waals surface area contributed by atoms with Crippen LogP contribution in [0.2, 0.25) is 0 Å². The summed E-state index contributed by atoms with van der Waals surface area (Å²) < 4.78 is 3.62. The number of aliphatic hydroxyl groups is 1. The summed E-state index contributed by atoms with van der Waals surface area (Å²) in [6.07, 6.45) is 3.58. The molecule has 0 fully saturated rings. The fourth-order valence-electron chi connectivity index (χ4n) is 1.97. The van der Waals surface area contributed by atoms with Gasteiger partial charge in [0.1, 0.15) is 0 Å². The van der Waals surface area contributed by atoms with E-state index >= 15 is 0 Å². The molecule has 1 N–H and O–H groups in total. The summed E-state index contributed by atoms with van der Waals surface area (Å²) in [5.41, 5.74) is 2.88. The quantitative estimate of drug-likeness (QED) is 0.865. The number of aryl methyl sites for hydroxylation is 3. The second-order valence-corrected chi connectivity index (χ2v) is 4.26. The van der Waals surface area contributed by atoms with Gasteiger partial charge in [0.2, 0.25) is 0 Å². The van der Waals surface area contributed by atoms with Crippen molar-refractivity contribution < 1.29 is 5.11 Å². The van der Waals surface area contributed by atoms with Gasteiger partial charge in [-0.25, -0.2) is 0 Å². The fraction of sp³-hybridized carbons (Fsp3) is 0.500. The molecule has 0 saturated heterocycles. The van der Waals surface area contributed by atoms with E-state index in [-0.39, 0.29) is 0 Å². The molecule has 2 aromatic heterocycles. The van der Waals surface area contributed by atoms with Crippen LogP contribution in [-0.2, 0) is 20.0 Å². The van der Waals surface area contributed by atoms with Crippen molar-refractivity contribution in [3.63, 3.8) is 0 Å². The van der Waals surface area contributed by atoms with E-state index in [0.717, 1.165) is 23.5 Å². The van der Waals surface area contributed by atoms with Crippen molar-refractivity contribution in [2.45, 2.75) is 32.9 Å². The number of hydrogen-bond donors (Lipinski definition) is 1. The van der Waals surface area contributed by atoms with Gasteiger partial charge < -0.3 is 5.11 Å². The molecule has 0 aromatic carbocycles. The molecular weight excluding hydrogens is 216 g/mol. The molecule has 0 aliphatic rings. The van der Waals surface area contributed by atoms with Crippen LogP contribution in [0.25, 0.3) is 0 Å². The molecule has 92 valence electrons. The Kier molecular flexibility index (Phi) is 3.28. The van der Waals surface area contributed by atoms with Gasteiger partial charge in [0, 0.05) is 37.5 Å². The van der Waals surface area contributed by atoms with Crippen LogP contribution in [0.4, 0.5) is 0 Å². The molecule has 1 unspecified atom stereocenters. The third-order valence-electron chi connectivity index (χ3n) is 2.80. The predicted molar refractivity (Wildman–Crippen MR) is 64.5 cm³/mol. The van der Waals surface area contributed by atoms with Gasteiger partial charge in [0.15, 0.2) is 0 Å². The second kappa shape index (κ2) is 4.71. The number of aliphatic hydroxyl groups excluding tert-OH is 1. The van der Waals surface area contributed by atoms with Gasteiger partial charge >= 0.3 is 0 Å². The van der Waals surface area contributed by atoms with Gasteiger partial charge in [-0.3, -0.25) is 9.36 Å².